The highest BCUT2D eigenvalue weighted by Gasteiger charge is 2.37. The molecule has 0 saturated carbocycles. The maximum Gasteiger partial charge on any atom is 0.229 e. The fourth-order valence-corrected chi connectivity index (χ4v) is 4.33. The Hall–Kier alpha value is -2.28. The summed E-state index contributed by atoms with van der Waals surface area (Å²) >= 11 is 6.36. The van der Waals surface area contributed by atoms with Crippen LogP contribution in [0.25, 0.3) is 0 Å². The third-order valence-corrected chi connectivity index (χ3v) is 5.92. The number of nitrogens with one attached hydrogen (secondary N) is 2. The molecule has 2 saturated heterocycles. The second kappa shape index (κ2) is 9.03. The largest absolute Gasteiger partial charge is 0.492 e. The van der Waals surface area contributed by atoms with Crippen LogP contribution in [0.1, 0.15) is 18.5 Å². The van der Waals surface area contributed by atoms with E-state index in [2.05, 4.69) is 40.0 Å². The van der Waals surface area contributed by atoms with E-state index in [9.17, 15) is 4.79 Å². The van der Waals surface area contributed by atoms with E-state index < -0.39 is 0 Å². The van der Waals surface area contributed by atoms with Crippen LogP contribution in [-0.2, 0) is 4.79 Å². The molecule has 154 valence electrons. The Bertz CT molecular complexity index is 840. The molecule has 0 aromatic heterocycles. The predicted octanol–water partition coefficient (Wildman–Crippen LogP) is 2.85. The average Bonchev–Trinajstić information content (AvgIpc) is 3.25. The van der Waals surface area contributed by atoms with Crippen molar-refractivity contribution in [2.45, 2.75) is 13.0 Å². The van der Waals surface area contributed by atoms with Crippen LogP contribution in [0.3, 0.4) is 0 Å². The van der Waals surface area contributed by atoms with Gasteiger partial charge in [-0.2, -0.15) is 0 Å². The van der Waals surface area contributed by atoms with Crippen LogP contribution in [0.4, 0.5) is 5.69 Å². The number of hydrogen-bond donors (Lipinski definition) is 2. The van der Waals surface area contributed by atoms with Crippen molar-refractivity contribution in [1.82, 2.24) is 15.8 Å². The Morgan fingerprint density at radius 1 is 1.14 bits per heavy atom. The van der Waals surface area contributed by atoms with E-state index in [1.807, 2.05) is 36.1 Å². The second-order valence-corrected chi connectivity index (χ2v) is 7.79. The van der Waals surface area contributed by atoms with Gasteiger partial charge in [-0.3, -0.25) is 10.2 Å². The molecule has 4 rings (SSSR count). The molecule has 0 aliphatic carbocycles. The molecular weight excluding hydrogens is 388 g/mol. The molecule has 2 unspecified atom stereocenters. The fourth-order valence-electron chi connectivity index (χ4n) is 4.08. The van der Waals surface area contributed by atoms with Crippen molar-refractivity contribution in [1.29, 1.82) is 0 Å². The van der Waals surface area contributed by atoms with Crippen LogP contribution < -0.4 is 20.5 Å². The van der Waals surface area contributed by atoms with E-state index in [1.165, 1.54) is 5.69 Å². The minimum Gasteiger partial charge on any atom is -0.492 e. The van der Waals surface area contributed by atoms with Crippen molar-refractivity contribution in [2.75, 3.05) is 44.2 Å². The molecule has 0 radical (unpaired) electrons. The van der Waals surface area contributed by atoms with Crippen molar-refractivity contribution >= 4 is 23.2 Å². The van der Waals surface area contributed by atoms with Gasteiger partial charge in [-0.1, -0.05) is 35.9 Å². The van der Waals surface area contributed by atoms with Gasteiger partial charge in [0, 0.05) is 38.4 Å². The molecule has 2 atom stereocenters. The lowest BCUT2D eigenvalue weighted by atomic mass is 9.93. The minimum atomic E-state index is -0.160. The van der Waals surface area contributed by atoms with Gasteiger partial charge in [0.2, 0.25) is 5.91 Å². The van der Waals surface area contributed by atoms with Gasteiger partial charge in [-0.25, -0.2) is 5.43 Å². The highest BCUT2D eigenvalue weighted by atomic mass is 35.5. The van der Waals surface area contributed by atoms with Crippen LogP contribution in [0.15, 0.2) is 48.5 Å². The lowest BCUT2D eigenvalue weighted by molar-refractivity contribution is -0.135. The number of nitrogens with zero attached hydrogens (tertiary/aromatic N) is 2. The molecule has 2 aromatic carbocycles. The van der Waals surface area contributed by atoms with E-state index in [0.717, 1.165) is 31.7 Å². The van der Waals surface area contributed by atoms with E-state index in [0.29, 0.717) is 23.9 Å². The smallest absolute Gasteiger partial charge is 0.229 e. The van der Waals surface area contributed by atoms with Crippen molar-refractivity contribution in [3.8, 4) is 5.75 Å². The number of hydrogen-bond acceptors (Lipinski definition) is 5. The normalized spacial score (nSPS) is 22.0. The fraction of sp³-hybridized carbons (Fsp3) is 0.409. The standard InChI is InChI=1S/C22H27ClN4O2/c1-2-29-20-9-8-16(14-19(20)23)21-18(15-24-25-21)22(28)27-12-10-26(11-13-27)17-6-4-3-5-7-17/h3-9,14,18,21,24-25H,2,10-13,15H2,1H3. The number of hydrazine groups is 1. The number of piperazine rings is 1. The number of rotatable bonds is 5. The van der Waals surface area contributed by atoms with Gasteiger partial charge in [-0.15, -0.1) is 0 Å². The average molecular weight is 415 g/mol. The Morgan fingerprint density at radius 3 is 2.59 bits per heavy atom. The van der Waals surface area contributed by atoms with Gasteiger partial charge in [0.1, 0.15) is 5.75 Å². The molecule has 2 heterocycles. The molecule has 2 N–H and O–H groups in total. The molecule has 0 bridgehead atoms. The molecule has 2 aliphatic rings. The zero-order valence-electron chi connectivity index (χ0n) is 16.6. The second-order valence-electron chi connectivity index (χ2n) is 7.38. The van der Waals surface area contributed by atoms with Crippen molar-refractivity contribution in [2.24, 2.45) is 5.92 Å². The molecule has 6 nitrogen and oxygen atoms in total. The predicted molar refractivity (Wildman–Crippen MR) is 115 cm³/mol. The SMILES string of the molecule is CCOc1ccc(C2NNCC2C(=O)N2CCN(c3ccccc3)CC2)cc1Cl. The van der Waals surface area contributed by atoms with E-state index in [-0.39, 0.29) is 17.9 Å². The summed E-state index contributed by atoms with van der Waals surface area (Å²) < 4.78 is 5.52. The van der Waals surface area contributed by atoms with E-state index in [1.54, 1.807) is 0 Å². The van der Waals surface area contributed by atoms with Crippen LogP contribution in [0.5, 0.6) is 5.75 Å². The number of para-hydroxylation sites is 1. The zero-order valence-corrected chi connectivity index (χ0v) is 17.4. The Labute approximate surface area is 176 Å². The van der Waals surface area contributed by atoms with Gasteiger partial charge in [0.15, 0.2) is 0 Å². The summed E-state index contributed by atoms with van der Waals surface area (Å²) in [4.78, 5) is 17.6. The summed E-state index contributed by atoms with van der Waals surface area (Å²) in [7, 11) is 0. The molecule has 29 heavy (non-hydrogen) atoms. The first kappa shape index (κ1) is 20.0. The Balaban J connectivity index is 1.41. The maximum atomic E-state index is 13.3. The molecule has 2 aromatic rings. The lowest BCUT2D eigenvalue weighted by Gasteiger charge is -2.37. The zero-order chi connectivity index (χ0) is 20.2. The number of benzene rings is 2. The molecule has 7 heteroatoms. The summed E-state index contributed by atoms with van der Waals surface area (Å²) in [6, 6.07) is 16.0. The van der Waals surface area contributed by atoms with Crippen molar-refractivity contribution in [3.05, 3.63) is 59.1 Å². The highest BCUT2D eigenvalue weighted by Crippen LogP contribution is 2.33. The van der Waals surface area contributed by atoms with Crippen molar-refractivity contribution < 1.29 is 9.53 Å². The minimum absolute atomic E-state index is 0.108. The van der Waals surface area contributed by atoms with Crippen LogP contribution in [0.2, 0.25) is 5.02 Å². The van der Waals surface area contributed by atoms with Crippen molar-refractivity contribution in [3.63, 3.8) is 0 Å². The number of halogens is 1. The van der Waals surface area contributed by atoms with Gasteiger partial charge < -0.3 is 14.5 Å². The first-order valence-electron chi connectivity index (χ1n) is 10.2. The Morgan fingerprint density at radius 2 is 1.90 bits per heavy atom. The van der Waals surface area contributed by atoms with Crippen LogP contribution >= 0.6 is 11.6 Å². The number of anilines is 1. The molecule has 1 amide bonds. The van der Waals surface area contributed by atoms with Gasteiger partial charge in [-0.05, 0) is 36.8 Å². The van der Waals surface area contributed by atoms with Crippen LogP contribution in [0, 0.1) is 5.92 Å². The summed E-state index contributed by atoms with van der Waals surface area (Å²) in [5.41, 5.74) is 8.61. The summed E-state index contributed by atoms with van der Waals surface area (Å²) in [5.74, 6) is 0.696. The third kappa shape index (κ3) is 4.34. The topological polar surface area (TPSA) is 56.8 Å². The number of ether oxygens (including phenoxy) is 1. The van der Waals surface area contributed by atoms with E-state index in [4.69, 9.17) is 16.3 Å². The van der Waals surface area contributed by atoms with Crippen LogP contribution in [-0.4, -0.2) is 50.1 Å². The first-order chi connectivity index (χ1) is 14.2. The highest BCUT2D eigenvalue weighted by molar-refractivity contribution is 6.32. The van der Waals surface area contributed by atoms with Gasteiger partial charge in [0.25, 0.3) is 0 Å². The molecule has 2 aliphatic heterocycles. The quantitative estimate of drug-likeness (QED) is 0.787. The third-order valence-electron chi connectivity index (χ3n) is 5.63. The number of carbonyl (C=O) groups excluding carboxylic acids is 1. The molecule has 0 spiro atoms. The monoisotopic (exact) mass is 414 g/mol. The summed E-state index contributed by atoms with van der Waals surface area (Å²) in [5, 5.41) is 0.570. The molecular formula is C22H27ClN4O2. The lowest BCUT2D eigenvalue weighted by Crippen LogP contribution is -2.51. The first-order valence-corrected chi connectivity index (χ1v) is 10.5. The summed E-state index contributed by atoms with van der Waals surface area (Å²) in [6.07, 6.45) is 0. The Kier molecular flexibility index (Phi) is 6.23. The number of carbonyl (C=O) groups is 1. The van der Waals surface area contributed by atoms with Gasteiger partial charge >= 0.3 is 0 Å². The van der Waals surface area contributed by atoms with E-state index >= 15 is 0 Å². The number of amides is 1. The summed E-state index contributed by atoms with van der Waals surface area (Å²) in [6.45, 7) is 6.28. The maximum absolute atomic E-state index is 13.3. The van der Waals surface area contributed by atoms with Gasteiger partial charge in [0.05, 0.1) is 23.6 Å². The molecule has 2 fully saturated rings.